The summed E-state index contributed by atoms with van der Waals surface area (Å²) in [5, 5.41) is 8.17. The summed E-state index contributed by atoms with van der Waals surface area (Å²) < 4.78 is 0. The molecule has 170 valence electrons. The zero-order valence-corrected chi connectivity index (χ0v) is 17.8. The molecular weight excluding hydrogens is 414 g/mol. The molecule has 1 fully saturated rings. The maximum absolute atomic E-state index is 13.2. The minimum Gasteiger partial charge on any atom is -0.360 e. The molecule has 0 radical (unpaired) electrons. The lowest BCUT2D eigenvalue weighted by Gasteiger charge is -2.32. The smallest absolute Gasteiger partial charge is 0.251 e. The van der Waals surface area contributed by atoms with Gasteiger partial charge in [0.25, 0.3) is 5.91 Å². The van der Waals surface area contributed by atoms with Crippen molar-refractivity contribution in [2.75, 3.05) is 26.7 Å². The largest absolute Gasteiger partial charge is 0.360 e. The third-order valence-corrected chi connectivity index (χ3v) is 5.46. The van der Waals surface area contributed by atoms with Gasteiger partial charge in [0.15, 0.2) is 11.8 Å². The summed E-state index contributed by atoms with van der Waals surface area (Å²) in [4.78, 5) is 66.4. The highest BCUT2D eigenvalue weighted by molar-refractivity contribution is 6.20. The van der Waals surface area contributed by atoms with Gasteiger partial charge in [0.05, 0.1) is 19.1 Å². The van der Waals surface area contributed by atoms with Crippen LogP contribution in [0.15, 0.2) is 30.5 Å². The number of Topliss-reactive ketones (excluding diaryl/α,β-unsaturated/α-hetero) is 1. The number of fused-ring (bicyclic) bond motifs is 1. The fourth-order valence-electron chi connectivity index (χ4n) is 3.83. The number of aldehydes is 1. The number of ketones is 1. The molecule has 1 saturated heterocycles. The van der Waals surface area contributed by atoms with Crippen LogP contribution >= 0.6 is 0 Å². The van der Waals surface area contributed by atoms with Gasteiger partial charge in [-0.25, -0.2) is 0 Å². The highest BCUT2D eigenvalue weighted by Crippen LogP contribution is 2.19. The molecule has 0 bridgehead atoms. The standard InChI is InChI=1S/C22H27N5O5/c1-23-11-18(29)26-20(21(31)16-10-24-17-8-3-2-7-15(16)17)22(32)25-12-19(30)27-9-5-4-6-14(27)13-28/h2-3,7-8,10,13-14,20,23-24H,4-6,9,11-12H2,1H3,(H,25,32)(H,26,29)/t14-,20-/m1/s1. The van der Waals surface area contributed by atoms with E-state index in [1.807, 2.05) is 6.07 Å². The number of hydrogen-bond donors (Lipinski definition) is 4. The zero-order valence-electron chi connectivity index (χ0n) is 17.8. The molecule has 4 N–H and O–H groups in total. The fourth-order valence-corrected chi connectivity index (χ4v) is 3.83. The van der Waals surface area contributed by atoms with Gasteiger partial charge in [-0.2, -0.15) is 0 Å². The third kappa shape index (κ3) is 5.20. The van der Waals surface area contributed by atoms with Crippen LogP contribution in [-0.4, -0.2) is 78.4 Å². The molecule has 3 rings (SSSR count). The molecule has 2 aromatic rings. The average Bonchev–Trinajstić information content (AvgIpc) is 3.24. The number of nitrogens with one attached hydrogen (secondary N) is 4. The molecule has 0 aliphatic carbocycles. The Kier molecular flexibility index (Phi) is 7.72. The number of likely N-dealkylation sites (N-methyl/N-ethyl adjacent to an activating group) is 1. The Morgan fingerprint density at radius 2 is 1.97 bits per heavy atom. The first kappa shape index (κ1) is 23.1. The molecule has 0 spiro atoms. The number of para-hydroxylation sites is 1. The molecule has 2 heterocycles. The number of nitrogens with zero attached hydrogens (tertiary/aromatic N) is 1. The van der Waals surface area contributed by atoms with Crippen molar-refractivity contribution < 1.29 is 24.0 Å². The normalized spacial score (nSPS) is 16.9. The Hall–Kier alpha value is -3.53. The maximum atomic E-state index is 13.2. The van der Waals surface area contributed by atoms with Crippen LogP contribution in [0, 0.1) is 0 Å². The topological polar surface area (TPSA) is 140 Å². The Bertz CT molecular complexity index is 1020. The highest BCUT2D eigenvalue weighted by atomic mass is 16.2. The van der Waals surface area contributed by atoms with E-state index in [0.29, 0.717) is 18.4 Å². The molecule has 1 aromatic heterocycles. The third-order valence-electron chi connectivity index (χ3n) is 5.46. The van der Waals surface area contributed by atoms with Gasteiger partial charge >= 0.3 is 0 Å². The number of H-pyrrole nitrogens is 1. The average molecular weight is 441 g/mol. The fraction of sp³-hybridized carbons (Fsp3) is 0.409. The first-order chi connectivity index (χ1) is 15.5. The molecule has 3 amide bonds. The van der Waals surface area contributed by atoms with Crippen molar-refractivity contribution in [3.8, 4) is 0 Å². The minimum absolute atomic E-state index is 0.0847. The van der Waals surface area contributed by atoms with E-state index in [4.69, 9.17) is 0 Å². The summed E-state index contributed by atoms with van der Waals surface area (Å²) in [6.45, 7) is -0.0177. The van der Waals surface area contributed by atoms with Crippen molar-refractivity contribution in [3.05, 3.63) is 36.0 Å². The quantitative estimate of drug-likeness (QED) is 0.240. The molecule has 10 nitrogen and oxygen atoms in total. The van der Waals surface area contributed by atoms with Crippen molar-refractivity contribution in [3.63, 3.8) is 0 Å². The van der Waals surface area contributed by atoms with Crippen molar-refractivity contribution in [1.82, 2.24) is 25.8 Å². The van der Waals surface area contributed by atoms with Crippen molar-refractivity contribution in [2.45, 2.75) is 31.3 Å². The van der Waals surface area contributed by atoms with E-state index in [1.165, 1.54) is 11.1 Å². The van der Waals surface area contributed by atoms with E-state index in [-0.39, 0.29) is 18.7 Å². The Labute approximate surface area is 185 Å². The van der Waals surface area contributed by atoms with Gasteiger partial charge in [0.2, 0.25) is 11.8 Å². The second-order valence-electron chi connectivity index (χ2n) is 7.65. The zero-order chi connectivity index (χ0) is 23.1. The van der Waals surface area contributed by atoms with Crippen molar-refractivity contribution in [2.24, 2.45) is 0 Å². The van der Waals surface area contributed by atoms with E-state index in [0.717, 1.165) is 24.6 Å². The lowest BCUT2D eigenvalue weighted by molar-refractivity contribution is -0.138. The van der Waals surface area contributed by atoms with E-state index in [1.54, 1.807) is 25.2 Å². The number of likely N-dealkylation sites (tertiary alicyclic amines) is 1. The first-order valence-electron chi connectivity index (χ1n) is 10.5. The van der Waals surface area contributed by atoms with Crippen molar-refractivity contribution in [1.29, 1.82) is 0 Å². The van der Waals surface area contributed by atoms with Gasteiger partial charge in [-0.1, -0.05) is 18.2 Å². The molecule has 2 atom stereocenters. The minimum atomic E-state index is -1.51. The summed E-state index contributed by atoms with van der Waals surface area (Å²) in [5.74, 6) is -2.34. The number of piperidine rings is 1. The molecule has 32 heavy (non-hydrogen) atoms. The number of carbonyl (C=O) groups excluding carboxylic acids is 5. The van der Waals surface area contributed by atoms with Crippen LogP contribution in [0.5, 0.6) is 0 Å². The number of benzene rings is 1. The molecule has 1 aliphatic heterocycles. The van der Waals surface area contributed by atoms with Gasteiger partial charge < -0.3 is 30.6 Å². The van der Waals surface area contributed by atoms with Crippen LogP contribution in [-0.2, 0) is 19.2 Å². The molecule has 0 unspecified atom stereocenters. The van der Waals surface area contributed by atoms with Crippen LogP contribution in [0.3, 0.4) is 0 Å². The Morgan fingerprint density at radius 3 is 2.72 bits per heavy atom. The maximum Gasteiger partial charge on any atom is 0.251 e. The lowest BCUT2D eigenvalue weighted by Crippen LogP contribution is -2.55. The van der Waals surface area contributed by atoms with Crippen LogP contribution in [0.2, 0.25) is 0 Å². The predicted molar refractivity (Wildman–Crippen MR) is 117 cm³/mol. The summed E-state index contributed by atoms with van der Waals surface area (Å²) in [5.41, 5.74) is 0.977. The second-order valence-corrected chi connectivity index (χ2v) is 7.65. The van der Waals surface area contributed by atoms with Crippen LogP contribution < -0.4 is 16.0 Å². The number of aromatic nitrogens is 1. The number of hydrogen-bond acceptors (Lipinski definition) is 6. The predicted octanol–water partition coefficient (Wildman–Crippen LogP) is -0.249. The first-order valence-corrected chi connectivity index (χ1v) is 10.5. The monoisotopic (exact) mass is 441 g/mol. The summed E-state index contributed by atoms with van der Waals surface area (Å²) >= 11 is 0. The Balaban J connectivity index is 1.75. The molecular formula is C22H27N5O5. The van der Waals surface area contributed by atoms with E-state index in [9.17, 15) is 24.0 Å². The number of rotatable bonds is 9. The van der Waals surface area contributed by atoms with Crippen LogP contribution in [0.4, 0.5) is 0 Å². The molecule has 10 heteroatoms. The summed E-state index contributed by atoms with van der Waals surface area (Å²) in [7, 11) is 1.57. The van der Waals surface area contributed by atoms with Gasteiger partial charge in [0, 0.05) is 29.2 Å². The van der Waals surface area contributed by atoms with Gasteiger partial charge in [0.1, 0.15) is 6.29 Å². The number of amides is 3. The SMILES string of the molecule is CNCC(=O)N[C@@H](C(=O)NCC(=O)N1CCCC[C@@H]1C=O)C(=O)c1c[nH]c2ccccc12. The van der Waals surface area contributed by atoms with Crippen LogP contribution in [0.1, 0.15) is 29.6 Å². The van der Waals surface area contributed by atoms with E-state index >= 15 is 0 Å². The Morgan fingerprint density at radius 1 is 1.19 bits per heavy atom. The summed E-state index contributed by atoms with van der Waals surface area (Å²) in [6, 6.07) is 5.09. The van der Waals surface area contributed by atoms with Crippen LogP contribution in [0.25, 0.3) is 10.9 Å². The summed E-state index contributed by atoms with van der Waals surface area (Å²) in [6.07, 6.45) is 4.46. The highest BCUT2D eigenvalue weighted by Gasteiger charge is 2.32. The number of aromatic amines is 1. The number of carbonyl (C=O) groups is 5. The van der Waals surface area contributed by atoms with Gasteiger partial charge in [-0.15, -0.1) is 0 Å². The van der Waals surface area contributed by atoms with Gasteiger partial charge in [-0.05, 0) is 32.4 Å². The molecule has 0 saturated carbocycles. The van der Waals surface area contributed by atoms with Crippen molar-refractivity contribution >= 4 is 40.7 Å². The molecule has 1 aliphatic rings. The molecule has 1 aromatic carbocycles. The van der Waals surface area contributed by atoms with E-state index < -0.39 is 35.6 Å². The van der Waals surface area contributed by atoms with Gasteiger partial charge in [-0.3, -0.25) is 19.2 Å². The second kappa shape index (κ2) is 10.7. The van der Waals surface area contributed by atoms with E-state index in [2.05, 4.69) is 20.9 Å². The lowest BCUT2D eigenvalue weighted by atomic mass is 10.0.